The van der Waals surface area contributed by atoms with Crippen molar-refractivity contribution in [1.82, 2.24) is 35.9 Å². The van der Waals surface area contributed by atoms with Crippen LogP contribution in [0.1, 0.15) is 44.4 Å². The fourth-order valence-electron chi connectivity index (χ4n) is 4.64. The number of carbonyl (C=O) groups excluding carboxylic acids is 1. The van der Waals surface area contributed by atoms with E-state index in [-0.39, 0.29) is 18.1 Å². The van der Waals surface area contributed by atoms with Crippen molar-refractivity contribution in [3.8, 4) is 5.82 Å². The second kappa shape index (κ2) is 9.47. The number of aryl methyl sites for hydroxylation is 1. The average Bonchev–Trinajstić information content (AvgIpc) is 3.44. The van der Waals surface area contributed by atoms with Gasteiger partial charge in [-0.15, -0.1) is 0 Å². The zero-order chi connectivity index (χ0) is 25.4. The molecule has 0 aliphatic carbocycles. The number of pyridine rings is 2. The second-order valence-corrected chi connectivity index (χ2v) is 10.2. The predicted molar refractivity (Wildman–Crippen MR) is 135 cm³/mol. The molecule has 3 atom stereocenters. The lowest BCUT2D eigenvalue weighted by Crippen LogP contribution is -2.62. The van der Waals surface area contributed by atoms with Crippen LogP contribution in [-0.2, 0) is 4.79 Å². The van der Waals surface area contributed by atoms with E-state index in [1.807, 2.05) is 32.0 Å². The Morgan fingerprint density at radius 1 is 1.22 bits per heavy atom. The molecule has 190 valence electrons. The molecule has 0 saturated carbocycles. The van der Waals surface area contributed by atoms with E-state index in [1.54, 1.807) is 12.3 Å². The number of halogens is 1. The summed E-state index contributed by atoms with van der Waals surface area (Å²) in [5, 5.41) is 10.5. The smallest absolute Gasteiger partial charge is 0.230 e. The van der Waals surface area contributed by atoms with Gasteiger partial charge in [0.15, 0.2) is 11.6 Å². The largest absolute Gasteiger partial charge is 0.354 e. The molecule has 36 heavy (non-hydrogen) atoms. The van der Waals surface area contributed by atoms with Crippen LogP contribution >= 0.6 is 0 Å². The van der Waals surface area contributed by atoms with Gasteiger partial charge in [0.1, 0.15) is 11.6 Å². The highest BCUT2D eigenvalue weighted by atomic mass is 19.1. The zero-order valence-electron chi connectivity index (χ0n) is 20.9. The number of hydrazine groups is 1. The molecule has 10 nitrogen and oxygen atoms in total. The van der Waals surface area contributed by atoms with Crippen LogP contribution < -0.4 is 26.4 Å². The lowest BCUT2D eigenvalue weighted by molar-refractivity contribution is -0.132. The summed E-state index contributed by atoms with van der Waals surface area (Å²) < 4.78 is 14.6. The maximum absolute atomic E-state index is 13.2. The summed E-state index contributed by atoms with van der Waals surface area (Å²) in [5.74, 6) is 1.77. The SMILES string of the molecule is Cc1cc(NC2CC(C)NN2)nc(N2CC(C)(C(=O)N[C@@H](C)c3ccc(-n4cc(F)cn4)nc3)C2)c1. The molecule has 5 rings (SSSR count). The topological polar surface area (TPSA) is 112 Å². The summed E-state index contributed by atoms with van der Waals surface area (Å²) in [5.41, 5.74) is 7.90. The summed E-state index contributed by atoms with van der Waals surface area (Å²) in [7, 11) is 0. The van der Waals surface area contributed by atoms with Crippen molar-refractivity contribution in [3.05, 3.63) is 59.8 Å². The van der Waals surface area contributed by atoms with E-state index in [0.29, 0.717) is 24.9 Å². The molecule has 1 amide bonds. The molecule has 3 aromatic rings. The number of aromatic nitrogens is 4. The van der Waals surface area contributed by atoms with E-state index in [9.17, 15) is 9.18 Å². The highest BCUT2D eigenvalue weighted by molar-refractivity contribution is 5.86. The molecule has 4 N–H and O–H groups in total. The van der Waals surface area contributed by atoms with Gasteiger partial charge in [-0.1, -0.05) is 6.07 Å². The number of hydrogen-bond donors (Lipinski definition) is 4. The lowest BCUT2D eigenvalue weighted by atomic mass is 9.80. The Balaban J connectivity index is 1.18. The van der Waals surface area contributed by atoms with Gasteiger partial charge in [-0.3, -0.25) is 10.2 Å². The monoisotopic (exact) mass is 493 g/mol. The van der Waals surface area contributed by atoms with Gasteiger partial charge in [-0.05, 0) is 63.4 Å². The molecule has 2 unspecified atom stereocenters. The molecule has 5 heterocycles. The van der Waals surface area contributed by atoms with Crippen molar-refractivity contribution < 1.29 is 9.18 Å². The molecule has 2 fully saturated rings. The number of nitrogens with zero attached hydrogens (tertiary/aromatic N) is 5. The fraction of sp³-hybridized carbons (Fsp3) is 0.440. The van der Waals surface area contributed by atoms with Gasteiger partial charge in [-0.25, -0.2) is 24.5 Å². The van der Waals surface area contributed by atoms with E-state index >= 15 is 0 Å². The summed E-state index contributed by atoms with van der Waals surface area (Å²) in [6.07, 6.45) is 5.17. The van der Waals surface area contributed by atoms with Crippen LogP contribution in [-0.4, -0.2) is 51.0 Å². The second-order valence-electron chi connectivity index (χ2n) is 10.2. The van der Waals surface area contributed by atoms with Crippen LogP contribution in [0.4, 0.5) is 16.0 Å². The number of hydrogen-bond acceptors (Lipinski definition) is 8. The van der Waals surface area contributed by atoms with Gasteiger partial charge in [0, 0.05) is 25.3 Å². The van der Waals surface area contributed by atoms with Gasteiger partial charge in [0.05, 0.1) is 30.0 Å². The van der Waals surface area contributed by atoms with Gasteiger partial charge in [0.2, 0.25) is 5.91 Å². The Bertz CT molecular complexity index is 1240. The molecule has 0 spiro atoms. The molecule has 0 aromatic carbocycles. The summed E-state index contributed by atoms with van der Waals surface area (Å²) in [6, 6.07) is 7.88. The third-order valence-corrected chi connectivity index (χ3v) is 6.73. The minimum absolute atomic E-state index is 0.00862. The van der Waals surface area contributed by atoms with E-state index in [4.69, 9.17) is 4.98 Å². The predicted octanol–water partition coefficient (Wildman–Crippen LogP) is 2.44. The average molecular weight is 494 g/mol. The van der Waals surface area contributed by atoms with Crippen molar-refractivity contribution in [1.29, 1.82) is 0 Å². The first-order valence-corrected chi connectivity index (χ1v) is 12.2. The number of carbonyl (C=O) groups is 1. The molecule has 11 heteroatoms. The minimum atomic E-state index is -0.514. The van der Waals surface area contributed by atoms with Crippen molar-refractivity contribution in [2.45, 2.75) is 52.4 Å². The Hall–Kier alpha value is -3.57. The van der Waals surface area contributed by atoms with Crippen LogP contribution in [0.5, 0.6) is 0 Å². The van der Waals surface area contributed by atoms with Crippen molar-refractivity contribution in [2.75, 3.05) is 23.3 Å². The van der Waals surface area contributed by atoms with Crippen LogP contribution in [0.15, 0.2) is 42.9 Å². The molecule has 0 bridgehead atoms. The highest BCUT2D eigenvalue weighted by Crippen LogP contribution is 2.35. The molecule has 2 aliphatic heterocycles. The number of nitrogens with one attached hydrogen (secondary N) is 4. The Morgan fingerprint density at radius 3 is 2.67 bits per heavy atom. The van der Waals surface area contributed by atoms with Crippen LogP contribution in [0.2, 0.25) is 0 Å². The van der Waals surface area contributed by atoms with E-state index in [0.717, 1.165) is 35.4 Å². The number of anilines is 2. The van der Waals surface area contributed by atoms with Crippen molar-refractivity contribution >= 4 is 17.5 Å². The number of rotatable bonds is 7. The summed E-state index contributed by atoms with van der Waals surface area (Å²) in [6.45, 7) is 9.26. The van der Waals surface area contributed by atoms with Crippen molar-refractivity contribution in [2.24, 2.45) is 5.41 Å². The maximum atomic E-state index is 13.2. The standard InChI is InChI=1S/C25H32FN9O/c1-15-7-20(30-21-9-16(2)32-33-21)31-23(8-15)34-13-25(4,14-34)24(36)29-17(3)18-5-6-22(27-10-18)35-12-19(26)11-28-35/h5-8,10-12,16-17,21,32-33H,9,13-14H2,1-4H3,(H,29,36)(H,30,31)/t16?,17-,21?/m0/s1. The van der Waals surface area contributed by atoms with E-state index in [2.05, 4.69) is 50.3 Å². The quantitative estimate of drug-likeness (QED) is 0.397. The summed E-state index contributed by atoms with van der Waals surface area (Å²) >= 11 is 0. The third-order valence-electron chi connectivity index (χ3n) is 6.73. The Labute approximate surface area is 209 Å². The van der Waals surface area contributed by atoms with Crippen LogP contribution in [0.25, 0.3) is 5.82 Å². The zero-order valence-corrected chi connectivity index (χ0v) is 20.9. The van der Waals surface area contributed by atoms with Gasteiger partial charge >= 0.3 is 0 Å². The molecule has 0 radical (unpaired) electrons. The first kappa shape index (κ1) is 24.1. The van der Waals surface area contributed by atoms with Crippen LogP contribution in [0.3, 0.4) is 0 Å². The fourth-order valence-corrected chi connectivity index (χ4v) is 4.64. The first-order valence-electron chi connectivity index (χ1n) is 12.2. The van der Waals surface area contributed by atoms with E-state index < -0.39 is 11.2 Å². The normalized spacial score (nSPS) is 21.6. The van der Waals surface area contributed by atoms with Gasteiger partial charge in [-0.2, -0.15) is 5.10 Å². The third kappa shape index (κ3) is 5.02. The maximum Gasteiger partial charge on any atom is 0.230 e. The van der Waals surface area contributed by atoms with E-state index in [1.165, 1.54) is 10.9 Å². The first-order chi connectivity index (χ1) is 17.2. The van der Waals surface area contributed by atoms with Crippen molar-refractivity contribution in [3.63, 3.8) is 0 Å². The molecule has 3 aromatic heterocycles. The van der Waals surface area contributed by atoms with Gasteiger partial charge in [0.25, 0.3) is 0 Å². The Kier molecular flexibility index (Phi) is 6.35. The number of amides is 1. The Morgan fingerprint density at radius 2 is 2.03 bits per heavy atom. The molecular weight excluding hydrogens is 461 g/mol. The summed E-state index contributed by atoms with van der Waals surface area (Å²) in [4.78, 5) is 24.4. The van der Waals surface area contributed by atoms with Crippen LogP contribution in [0, 0.1) is 18.2 Å². The van der Waals surface area contributed by atoms with Gasteiger partial charge < -0.3 is 15.5 Å². The minimum Gasteiger partial charge on any atom is -0.354 e. The molecular formula is C25H32FN9O. The molecule has 2 saturated heterocycles. The molecule has 2 aliphatic rings. The lowest BCUT2D eigenvalue weighted by Gasteiger charge is -2.47. The highest BCUT2D eigenvalue weighted by Gasteiger charge is 2.46.